The number of esters is 1. The third-order valence-corrected chi connectivity index (χ3v) is 8.79. The molecule has 0 amide bonds. The van der Waals surface area contributed by atoms with E-state index in [0.29, 0.717) is 13.0 Å². The Labute approximate surface area is 303 Å². The molecular formula is C39H70NO9P. The fourth-order valence-electron chi connectivity index (χ4n) is 4.85. The summed E-state index contributed by atoms with van der Waals surface area (Å²) in [6.07, 6.45) is 38.8. The molecule has 290 valence electrons. The van der Waals surface area contributed by atoms with Gasteiger partial charge in [-0.2, -0.15) is 0 Å². The minimum absolute atomic E-state index is 0.00328. The van der Waals surface area contributed by atoms with Crippen molar-refractivity contribution in [1.82, 2.24) is 0 Å². The van der Waals surface area contributed by atoms with E-state index in [9.17, 15) is 19.0 Å². The molecule has 0 aliphatic heterocycles. The van der Waals surface area contributed by atoms with E-state index in [1.165, 1.54) is 38.5 Å². The summed E-state index contributed by atoms with van der Waals surface area (Å²) < 4.78 is 33.2. The lowest BCUT2D eigenvalue weighted by Gasteiger charge is -2.20. The summed E-state index contributed by atoms with van der Waals surface area (Å²) in [6, 6.07) is -1.48. The topological polar surface area (TPSA) is 155 Å². The van der Waals surface area contributed by atoms with E-state index in [0.717, 1.165) is 83.5 Å². The maximum atomic E-state index is 12.5. The largest absolute Gasteiger partial charge is 0.480 e. The van der Waals surface area contributed by atoms with Crippen LogP contribution in [0.4, 0.5) is 0 Å². The number of phosphoric acid groups is 1. The maximum absolute atomic E-state index is 12.5. The van der Waals surface area contributed by atoms with E-state index in [1.54, 1.807) is 0 Å². The molecule has 4 N–H and O–H groups in total. The monoisotopic (exact) mass is 727 g/mol. The fraction of sp³-hybridized carbons (Fsp3) is 0.744. The summed E-state index contributed by atoms with van der Waals surface area (Å²) in [7, 11) is -4.62. The SMILES string of the molecule is CC/C=C\C/C=C\C/C=C\CCCCCCCCOCC(COP(=O)(O)OCC(N)C(=O)O)OC(=O)CCCCCCC/C=C\CCCCC. The Kier molecular flexibility index (Phi) is 33.9. The van der Waals surface area contributed by atoms with Gasteiger partial charge in [0.25, 0.3) is 0 Å². The zero-order valence-electron chi connectivity index (χ0n) is 31.2. The number of hydrogen-bond acceptors (Lipinski definition) is 8. The molecular weight excluding hydrogens is 657 g/mol. The molecule has 3 atom stereocenters. The van der Waals surface area contributed by atoms with Gasteiger partial charge in [0, 0.05) is 13.0 Å². The summed E-state index contributed by atoms with van der Waals surface area (Å²) in [5.41, 5.74) is 5.33. The molecule has 10 nitrogen and oxygen atoms in total. The number of carbonyl (C=O) groups is 2. The van der Waals surface area contributed by atoms with Crippen LogP contribution in [0.2, 0.25) is 0 Å². The van der Waals surface area contributed by atoms with E-state index in [2.05, 4.69) is 67.0 Å². The van der Waals surface area contributed by atoms with Crippen LogP contribution in [-0.2, 0) is 32.7 Å². The Hall–Kier alpha value is -2.07. The number of unbranched alkanes of at least 4 members (excludes halogenated alkanes) is 14. The second-order valence-electron chi connectivity index (χ2n) is 12.7. The highest BCUT2D eigenvalue weighted by atomic mass is 31.2. The van der Waals surface area contributed by atoms with Gasteiger partial charge in [0.1, 0.15) is 12.1 Å². The molecule has 0 heterocycles. The second-order valence-corrected chi connectivity index (χ2v) is 14.1. The van der Waals surface area contributed by atoms with E-state index >= 15 is 0 Å². The normalized spacial score (nSPS) is 14.6. The first-order valence-electron chi connectivity index (χ1n) is 19.2. The van der Waals surface area contributed by atoms with Crippen molar-refractivity contribution >= 4 is 19.8 Å². The number of phosphoric ester groups is 1. The molecule has 0 saturated carbocycles. The molecule has 0 bridgehead atoms. The Morgan fingerprint density at radius 2 is 1.16 bits per heavy atom. The molecule has 0 aliphatic rings. The van der Waals surface area contributed by atoms with Crippen LogP contribution in [0.5, 0.6) is 0 Å². The number of carbonyl (C=O) groups excluding carboxylic acids is 1. The first-order chi connectivity index (χ1) is 24.2. The first-order valence-corrected chi connectivity index (χ1v) is 20.7. The molecule has 0 aliphatic carbocycles. The van der Waals surface area contributed by atoms with Crippen LogP contribution in [0.25, 0.3) is 0 Å². The highest BCUT2D eigenvalue weighted by molar-refractivity contribution is 7.47. The van der Waals surface area contributed by atoms with Crippen molar-refractivity contribution in [1.29, 1.82) is 0 Å². The number of hydrogen-bond donors (Lipinski definition) is 3. The summed E-state index contributed by atoms with van der Waals surface area (Å²) >= 11 is 0. The molecule has 50 heavy (non-hydrogen) atoms. The quantitative estimate of drug-likeness (QED) is 0.0246. The lowest BCUT2D eigenvalue weighted by atomic mass is 10.1. The summed E-state index contributed by atoms with van der Waals surface area (Å²) in [4.78, 5) is 33.4. The maximum Gasteiger partial charge on any atom is 0.472 e. The van der Waals surface area contributed by atoms with E-state index in [-0.39, 0.29) is 13.0 Å². The first kappa shape index (κ1) is 47.9. The molecule has 0 rings (SSSR count). The van der Waals surface area contributed by atoms with Crippen LogP contribution in [0.3, 0.4) is 0 Å². The summed E-state index contributed by atoms with van der Waals surface area (Å²) in [5.74, 6) is -1.80. The van der Waals surface area contributed by atoms with Crippen LogP contribution < -0.4 is 5.73 Å². The lowest BCUT2D eigenvalue weighted by Crippen LogP contribution is -2.34. The Bertz CT molecular complexity index is 983. The number of carboxylic acids is 1. The van der Waals surface area contributed by atoms with Gasteiger partial charge in [0.2, 0.25) is 0 Å². The molecule has 0 saturated heterocycles. The Balaban J connectivity index is 4.33. The van der Waals surface area contributed by atoms with Crippen LogP contribution in [0, 0.1) is 0 Å². The van der Waals surface area contributed by atoms with Crippen molar-refractivity contribution in [2.45, 2.75) is 161 Å². The van der Waals surface area contributed by atoms with Gasteiger partial charge in [-0.3, -0.25) is 18.6 Å². The third kappa shape index (κ3) is 34.4. The van der Waals surface area contributed by atoms with Crippen molar-refractivity contribution in [3.8, 4) is 0 Å². The Morgan fingerprint density at radius 1 is 0.660 bits per heavy atom. The van der Waals surface area contributed by atoms with Crippen molar-refractivity contribution in [3.63, 3.8) is 0 Å². The zero-order valence-corrected chi connectivity index (χ0v) is 32.1. The molecule has 0 aromatic rings. The highest BCUT2D eigenvalue weighted by Gasteiger charge is 2.27. The van der Waals surface area contributed by atoms with Crippen LogP contribution >= 0.6 is 7.82 Å². The lowest BCUT2D eigenvalue weighted by molar-refractivity contribution is -0.154. The molecule has 0 spiro atoms. The average Bonchev–Trinajstić information content (AvgIpc) is 3.09. The standard InChI is InChI=1S/C39H70NO9P/c1-3-5-7-9-11-13-15-17-18-19-20-22-24-26-28-30-32-46-33-36(34-47-50(44,45)48-35-37(40)39(42)43)49-38(41)31-29-27-25-23-21-16-14-12-10-8-6-4-2/h5,7,11-14,17-18,36-37H,3-4,6,8-10,15-16,19-35,40H2,1-2H3,(H,42,43)(H,44,45)/b7-5-,13-11-,14-12-,18-17-. The van der Waals surface area contributed by atoms with Crippen molar-refractivity contribution in [2.24, 2.45) is 5.73 Å². The second kappa shape index (κ2) is 35.3. The number of aliphatic carboxylic acids is 1. The Morgan fingerprint density at radius 3 is 1.76 bits per heavy atom. The smallest absolute Gasteiger partial charge is 0.472 e. The van der Waals surface area contributed by atoms with Gasteiger partial charge in [-0.15, -0.1) is 0 Å². The fourth-order valence-corrected chi connectivity index (χ4v) is 5.62. The minimum atomic E-state index is -4.62. The van der Waals surface area contributed by atoms with E-state index in [4.69, 9.17) is 24.8 Å². The van der Waals surface area contributed by atoms with Gasteiger partial charge in [-0.25, -0.2) is 4.57 Å². The van der Waals surface area contributed by atoms with Crippen LogP contribution in [-0.4, -0.2) is 60.5 Å². The van der Waals surface area contributed by atoms with Gasteiger partial charge in [0.05, 0.1) is 19.8 Å². The molecule has 0 fully saturated rings. The van der Waals surface area contributed by atoms with Crippen LogP contribution in [0.1, 0.15) is 149 Å². The van der Waals surface area contributed by atoms with Crippen LogP contribution in [0.15, 0.2) is 48.6 Å². The minimum Gasteiger partial charge on any atom is -0.480 e. The number of ether oxygens (including phenoxy) is 2. The number of nitrogens with two attached hydrogens (primary N) is 1. The molecule has 0 aromatic heterocycles. The van der Waals surface area contributed by atoms with E-state index in [1.807, 2.05) is 0 Å². The third-order valence-electron chi connectivity index (χ3n) is 7.84. The van der Waals surface area contributed by atoms with E-state index < -0.39 is 45.1 Å². The molecule has 11 heteroatoms. The number of allylic oxidation sites excluding steroid dienone is 8. The predicted molar refractivity (Wildman–Crippen MR) is 203 cm³/mol. The van der Waals surface area contributed by atoms with Gasteiger partial charge < -0.3 is 25.2 Å². The average molecular weight is 728 g/mol. The number of rotatable bonds is 36. The van der Waals surface area contributed by atoms with Crippen molar-refractivity contribution in [2.75, 3.05) is 26.4 Å². The van der Waals surface area contributed by atoms with Gasteiger partial charge in [0.15, 0.2) is 0 Å². The molecule has 0 aromatic carbocycles. The number of carboxylic acid groups (broad SMARTS) is 1. The molecule has 3 unspecified atom stereocenters. The zero-order chi connectivity index (χ0) is 37.0. The predicted octanol–water partition coefficient (Wildman–Crippen LogP) is 9.92. The van der Waals surface area contributed by atoms with Crippen molar-refractivity contribution in [3.05, 3.63) is 48.6 Å². The highest BCUT2D eigenvalue weighted by Crippen LogP contribution is 2.43. The molecule has 0 radical (unpaired) electrons. The van der Waals surface area contributed by atoms with Gasteiger partial charge in [-0.1, -0.05) is 120 Å². The van der Waals surface area contributed by atoms with Gasteiger partial charge >= 0.3 is 19.8 Å². The summed E-state index contributed by atoms with van der Waals surface area (Å²) in [6.45, 7) is 3.68. The van der Waals surface area contributed by atoms with Crippen molar-refractivity contribution < 1.29 is 42.7 Å². The van der Waals surface area contributed by atoms with Gasteiger partial charge in [-0.05, 0) is 70.6 Å². The summed E-state index contributed by atoms with van der Waals surface area (Å²) in [5, 5.41) is 8.86.